The van der Waals surface area contributed by atoms with E-state index in [9.17, 15) is 4.79 Å². The molecule has 138 valence electrons. The van der Waals surface area contributed by atoms with Crippen molar-refractivity contribution in [2.24, 2.45) is 5.10 Å². The van der Waals surface area contributed by atoms with Crippen LogP contribution in [0.5, 0.6) is 5.75 Å². The van der Waals surface area contributed by atoms with E-state index in [2.05, 4.69) is 5.32 Å². The molecule has 7 heteroatoms. The Morgan fingerprint density at radius 1 is 1.18 bits per heavy atom. The number of hydrazone groups is 1. The van der Waals surface area contributed by atoms with Crippen LogP contribution in [0.2, 0.25) is 5.02 Å². The summed E-state index contributed by atoms with van der Waals surface area (Å²) in [6.45, 7) is 0. The number of carbonyl (C=O) groups is 1. The van der Waals surface area contributed by atoms with Crippen molar-refractivity contribution in [2.75, 3.05) is 5.32 Å². The molecular formula is C21H14ClN3O3. The Morgan fingerprint density at radius 2 is 2.07 bits per heavy atom. The monoisotopic (exact) mass is 391 g/mol. The molecular weight excluding hydrogens is 378 g/mol. The van der Waals surface area contributed by atoms with E-state index in [4.69, 9.17) is 25.9 Å². The lowest BCUT2D eigenvalue weighted by Gasteiger charge is -2.43. The van der Waals surface area contributed by atoms with Crippen molar-refractivity contribution in [2.45, 2.75) is 18.2 Å². The summed E-state index contributed by atoms with van der Waals surface area (Å²) >= 11 is 6.26. The molecule has 1 N–H and O–H groups in total. The van der Waals surface area contributed by atoms with E-state index in [1.54, 1.807) is 29.5 Å². The third-order valence-electron chi connectivity index (χ3n) is 5.48. The number of para-hydroxylation sites is 1. The van der Waals surface area contributed by atoms with Gasteiger partial charge in [-0.15, -0.1) is 0 Å². The maximum Gasteiger partial charge on any atom is 0.306 e. The van der Waals surface area contributed by atoms with Gasteiger partial charge in [-0.1, -0.05) is 29.8 Å². The number of hydrogen-bond acceptors (Lipinski definition) is 5. The fourth-order valence-electron chi connectivity index (χ4n) is 4.25. The molecule has 0 radical (unpaired) electrons. The molecule has 4 heterocycles. The SMILES string of the molecule is O=C1Nc2ccc(Cl)cc2[C@@]12Oc1ccccc1[C@H]1CC(c3ccco3)=NN12. The van der Waals surface area contributed by atoms with Crippen LogP contribution < -0.4 is 10.1 Å². The molecule has 6 nitrogen and oxygen atoms in total. The number of hydrogen-bond donors (Lipinski definition) is 1. The Hall–Kier alpha value is -3.25. The Bertz CT molecular complexity index is 1160. The van der Waals surface area contributed by atoms with Crippen LogP contribution >= 0.6 is 11.6 Å². The van der Waals surface area contributed by atoms with Crippen molar-refractivity contribution < 1.29 is 13.9 Å². The van der Waals surface area contributed by atoms with E-state index in [0.29, 0.717) is 34.2 Å². The number of fused-ring (bicyclic) bond motifs is 6. The van der Waals surface area contributed by atoms with Gasteiger partial charge in [-0.25, -0.2) is 5.01 Å². The Balaban J connectivity index is 1.60. The maximum absolute atomic E-state index is 13.3. The normalized spacial score (nSPS) is 24.3. The molecule has 28 heavy (non-hydrogen) atoms. The first-order chi connectivity index (χ1) is 13.7. The van der Waals surface area contributed by atoms with E-state index in [-0.39, 0.29) is 11.9 Å². The second kappa shape index (κ2) is 5.39. The first-order valence-electron chi connectivity index (χ1n) is 8.97. The van der Waals surface area contributed by atoms with Crippen LogP contribution in [-0.2, 0) is 10.5 Å². The second-order valence-electron chi connectivity index (χ2n) is 7.02. The van der Waals surface area contributed by atoms with E-state index >= 15 is 0 Å². The molecule has 1 aromatic heterocycles. The van der Waals surface area contributed by atoms with E-state index in [1.807, 2.05) is 36.4 Å². The summed E-state index contributed by atoms with van der Waals surface area (Å²) in [7, 11) is 0. The van der Waals surface area contributed by atoms with Crippen LogP contribution in [0.25, 0.3) is 0 Å². The second-order valence-corrected chi connectivity index (χ2v) is 7.45. The van der Waals surface area contributed by atoms with Crippen LogP contribution in [0, 0.1) is 0 Å². The minimum absolute atomic E-state index is 0.152. The Labute approximate surface area is 165 Å². The fourth-order valence-corrected chi connectivity index (χ4v) is 4.43. The predicted molar refractivity (Wildman–Crippen MR) is 103 cm³/mol. The summed E-state index contributed by atoms with van der Waals surface area (Å²) in [5.41, 5.74) is 1.69. The smallest absolute Gasteiger partial charge is 0.306 e. The van der Waals surface area contributed by atoms with Crippen molar-refractivity contribution in [3.8, 4) is 5.75 Å². The lowest BCUT2D eigenvalue weighted by Crippen LogP contribution is -2.55. The van der Waals surface area contributed by atoms with Crippen molar-refractivity contribution in [3.05, 3.63) is 82.8 Å². The van der Waals surface area contributed by atoms with Gasteiger partial charge in [0, 0.05) is 17.0 Å². The topological polar surface area (TPSA) is 67.1 Å². The highest BCUT2D eigenvalue weighted by Crippen LogP contribution is 2.54. The number of nitrogens with one attached hydrogen (secondary N) is 1. The zero-order valence-electron chi connectivity index (χ0n) is 14.6. The number of benzene rings is 2. The zero-order chi connectivity index (χ0) is 18.9. The number of amides is 1. The van der Waals surface area contributed by atoms with E-state index in [0.717, 1.165) is 11.3 Å². The first-order valence-corrected chi connectivity index (χ1v) is 9.35. The highest BCUT2D eigenvalue weighted by atomic mass is 35.5. The molecule has 3 aliphatic rings. The van der Waals surface area contributed by atoms with Gasteiger partial charge in [0.15, 0.2) is 0 Å². The Morgan fingerprint density at radius 3 is 2.93 bits per heavy atom. The molecule has 0 saturated carbocycles. The lowest BCUT2D eigenvalue weighted by molar-refractivity contribution is -0.161. The van der Waals surface area contributed by atoms with Gasteiger partial charge in [-0.3, -0.25) is 4.79 Å². The lowest BCUT2D eigenvalue weighted by atomic mass is 9.93. The molecule has 6 rings (SSSR count). The third kappa shape index (κ3) is 1.93. The van der Waals surface area contributed by atoms with Crippen LogP contribution in [0.1, 0.15) is 29.3 Å². The summed E-state index contributed by atoms with van der Waals surface area (Å²) in [5, 5.41) is 10.00. The van der Waals surface area contributed by atoms with Gasteiger partial charge < -0.3 is 14.5 Å². The van der Waals surface area contributed by atoms with Gasteiger partial charge >= 0.3 is 5.72 Å². The van der Waals surface area contributed by atoms with Crippen molar-refractivity contribution in [1.29, 1.82) is 0 Å². The van der Waals surface area contributed by atoms with Crippen LogP contribution in [0.4, 0.5) is 5.69 Å². The fraction of sp³-hybridized carbons (Fsp3) is 0.143. The molecule has 0 saturated heterocycles. The number of anilines is 1. The molecule has 2 atom stereocenters. The predicted octanol–water partition coefficient (Wildman–Crippen LogP) is 4.28. The Kier molecular flexibility index (Phi) is 3.04. The van der Waals surface area contributed by atoms with E-state index in [1.165, 1.54) is 0 Å². The third-order valence-corrected chi connectivity index (χ3v) is 5.71. The minimum atomic E-state index is -1.41. The molecule has 1 spiro atoms. The molecule has 3 aromatic rings. The number of ether oxygens (including phenoxy) is 1. The maximum atomic E-state index is 13.3. The average Bonchev–Trinajstić information content (AvgIpc) is 3.42. The average molecular weight is 392 g/mol. The van der Waals surface area contributed by atoms with Gasteiger partial charge in [-0.05, 0) is 36.4 Å². The first kappa shape index (κ1) is 15.8. The van der Waals surface area contributed by atoms with Gasteiger partial charge in [0.25, 0.3) is 5.91 Å². The van der Waals surface area contributed by atoms with Gasteiger partial charge in [0.05, 0.1) is 23.6 Å². The summed E-state index contributed by atoms with van der Waals surface area (Å²) < 4.78 is 11.9. The minimum Gasteiger partial charge on any atom is -0.463 e. The highest BCUT2D eigenvalue weighted by molar-refractivity contribution is 6.31. The summed E-state index contributed by atoms with van der Waals surface area (Å²) in [5.74, 6) is 1.07. The van der Waals surface area contributed by atoms with E-state index < -0.39 is 5.72 Å². The molecule has 0 fully saturated rings. The molecule has 1 amide bonds. The quantitative estimate of drug-likeness (QED) is 0.672. The van der Waals surface area contributed by atoms with Crippen molar-refractivity contribution >= 4 is 28.9 Å². The number of carbonyl (C=O) groups excluding carboxylic acids is 1. The molecule has 0 unspecified atom stereocenters. The zero-order valence-corrected chi connectivity index (χ0v) is 15.3. The van der Waals surface area contributed by atoms with Crippen molar-refractivity contribution in [3.63, 3.8) is 0 Å². The van der Waals surface area contributed by atoms with Gasteiger partial charge in [0.1, 0.15) is 17.2 Å². The van der Waals surface area contributed by atoms with Crippen LogP contribution in [0.3, 0.4) is 0 Å². The molecule has 3 aliphatic heterocycles. The summed E-state index contributed by atoms with van der Waals surface area (Å²) in [4.78, 5) is 13.3. The molecule has 0 bridgehead atoms. The number of rotatable bonds is 1. The summed E-state index contributed by atoms with van der Waals surface area (Å²) in [6, 6.07) is 16.6. The molecule has 2 aromatic carbocycles. The summed E-state index contributed by atoms with van der Waals surface area (Å²) in [6.07, 6.45) is 2.23. The van der Waals surface area contributed by atoms with Gasteiger partial charge in [0.2, 0.25) is 0 Å². The van der Waals surface area contributed by atoms with Crippen LogP contribution in [-0.4, -0.2) is 16.6 Å². The number of furan rings is 1. The molecule has 0 aliphatic carbocycles. The largest absolute Gasteiger partial charge is 0.463 e. The standard InChI is InChI=1S/C21H14ClN3O3/c22-12-7-8-15-14(10-12)21(20(26)23-15)25-17(13-4-1-2-5-18(13)28-21)11-16(24-25)19-6-3-9-27-19/h1-10,17H,11H2,(H,23,26)/t17-,21-/m1/s1. The number of halogens is 1. The van der Waals surface area contributed by atoms with Crippen LogP contribution in [0.15, 0.2) is 70.4 Å². The van der Waals surface area contributed by atoms with Gasteiger partial charge in [-0.2, -0.15) is 5.10 Å². The highest BCUT2D eigenvalue weighted by Gasteiger charge is 2.61. The van der Waals surface area contributed by atoms with Crippen molar-refractivity contribution in [1.82, 2.24) is 5.01 Å². The number of nitrogens with zero attached hydrogens (tertiary/aromatic N) is 2.